The van der Waals surface area contributed by atoms with E-state index in [-0.39, 0.29) is 5.54 Å². The number of rotatable bonds is 5. The quantitative estimate of drug-likeness (QED) is 0.905. The monoisotopic (exact) mass is 272 g/mol. The molecule has 5 nitrogen and oxygen atoms in total. The third-order valence-corrected chi connectivity index (χ3v) is 3.86. The van der Waals surface area contributed by atoms with E-state index < -0.39 is 0 Å². The van der Waals surface area contributed by atoms with Gasteiger partial charge in [-0.05, 0) is 37.9 Å². The summed E-state index contributed by atoms with van der Waals surface area (Å²) in [7, 11) is 0. The molecule has 1 atom stereocenters. The van der Waals surface area contributed by atoms with Crippen molar-refractivity contribution >= 4 is 0 Å². The van der Waals surface area contributed by atoms with Crippen molar-refractivity contribution in [3.63, 3.8) is 0 Å². The Bertz CT molecular complexity index is 546. The number of hydrogen-bond donors (Lipinski definition) is 1. The van der Waals surface area contributed by atoms with E-state index >= 15 is 0 Å². The summed E-state index contributed by atoms with van der Waals surface area (Å²) in [5.41, 5.74) is 0.855. The lowest BCUT2D eigenvalue weighted by Gasteiger charge is -2.24. The van der Waals surface area contributed by atoms with Gasteiger partial charge in [0.25, 0.3) is 0 Å². The van der Waals surface area contributed by atoms with Crippen LogP contribution >= 0.6 is 0 Å². The molecule has 1 aliphatic heterocycles. The van der Waals surface area contributed by atoms with Crippen LogP contribution in [0.1, 0.15) is 50.0 Å². The second-order valence-electron chi connectivity index (χ2n) is 5.38. The lowest BCUT2D eigenvalue weighted by atomic mass is 9.92. The zero-order chi connectivity index (χ0) is 13.8. The summed E-state index contributed by atoms with van der Waals surface area (Å²) in [6.07, 6.45) is 6.78. The van der Waals surface area contributed by atoms with Gasteiger partial charge in [-0.2, -0.15) is 4.98 Å². The number of hydrogen-bond acceptors (Lipinski definition) is 5. The van der Waals surface area contributed by atoms with Gasteiger partial charge in [0, 0.05) is 11.9 Å². The fourth-order valence-electron chi connectivity index (χ4n) is 2.92. The summed E-state index contributed by atoms with van der Waals surface area (Å²) in [5.74, 6) is 1.45. The largest absolute Gasteiger partial charge is 0.337 e. The first-order valence-electron chi connectivity index (χ1n) is 7.30. The van der Waals surface area contributed by atoms with Crippen molar-refractivity contribution in [3.05, 3.63) is 41.8 Å². The second-order valence-corrected chi connectivity index (χ2v) is 5.38. The lowest BCUT2D eigenvalue weighted by Crippen LogP contribution is -2.37. The molecule has 0 radical (unpaired) electrons. The van der Waals surface area contributed by atoms with Gasteiger partial charge in [-0.25, -0.2) is 0 Å². The molecule has 2 aromatic heterocycles. The maximum Gasteiger partial charge on any atom is 0.246 e. The molecule has 20 heavy (non-hydrogen) atoms. The third kappa shape index (κ3) is 2.58. The number of nitrogens with one attached hydrogen (secondary N) is 1. The SMILES string of the molecule is CCCC1(c2nc(Cc3ccccn3)no2)CCCN1. The zero-order valence-corrected chi connectivity index (χ0v) is 11.8. The fraction of sp³-hybridized carbons (Fsp3) is 0.533. The van der Waals surface area contributed by atoms with Gasteiger partial charge in [0.2, 0.25) is 5.89 Å². The standard InChI is InChI=1S/C15H20N4O/c1-2-7-15(8-5-10-17-15)14-18-13(19-20-14)11-12-6-3-4-9-16-12/h3-4,6,9,17H,2,5,7-8,10-11H2,1H3. The van der Waals surface area contributed by atoms with E-state index in [9.17, 15) is 0 Å². The minimum Gasteiger partial charge on any atom is -0.337 e. The summed E-state index contributed by atoms with van der Waals surface area (Å²) >= 11 is 0. The molecule has 1 N–H and O–H groups in total. The number of nitrogens with zero attached hydrogens (tertiary/aromatic N) is 3. The van der Waals surface area contributed by atoms with Crippen LogP contribution in [0, 0.1) is 0 Å². The van der Waals surface area contributed by atoms with E-state index in [0.717, 1.165) is 43.8 Å². The summed E-state index contributed by atoms with van der Waals surface area (Å²) in [6, 6.07) is 5.86. The normalized spacial score (nSPS) is 22.2. The molecule has 106 valence electrons. The Kier molecular flexibility index (Phi) is 3.78. The van der Waals surface area contributed by atoms with Crippen LogP contribution in [0.4, 0.5) is 0 Å². The van der Waals surface area contributed by atoms with E-state index in [1.807, 2.05) is 18.2 Å². The molecule has 3 rings (SSSR count). The van der Waals surface area contributed by atoms with E-state index in [1.165, 1.54) is 0 Å². The molecular weight excluding hydrogens is 252 g/mol. The molecule has 0 spiro atoms. The molecule has 0 aromatic carbocycles. The van der Waals surface area contributed by atoms with Crippen LogP contribution in [0.15, 0.2) is 28.9 Å². The van der Waals surface area contributed by atoms with Gasteiger partial charge in [-0.1, -0.05) is 24.6 Å². The van der Waals surface area contributed by atoms with Crippen LogP contribution in [0.25, 0.3) is 0 Å². The average Bonchev–Trinajstić information content (AvgIpc) is 3.10. The van der Waals surface area contributed by atoms with Gasteiger partial charge in [0.05, 0.1) is 12.0 Å². The average molecular weight is 272 g/mol. The van der Waals surface area contributed by atoms with Crippen molar-refractivity contribution in [2.24, 2.45) is 0 Å². The Morgan fingerprint density at radius 3 is 3.05 bits per heavy atom. The third-order valence-electron chi connectivity index (χ3n) is 3.86. The van der Waals surface area contributed by atoms with Gasteiger partial charge in [-0.15, -0.1) is 0 Å². The van der Waals surface area contributed by atoms with Gasteiger partial charge < -0.3 is 9.84 Å². The highest BCUT2D eigenvalue weighted by atomic mass is 16.5. The lowest BCUT2D eigenvalue weighted by molar-refractivity contribution is 0.240. The number of pyridine rings is 1. The molecule has 1 fully saturated rings. The Labute approximate surface area is 118 Å². The van der Waals surface area contributed by atoms with E-state index in [4.69, 9.17) is 4.52 Å². The maximum absolute atomic E-state index is 5.53. The predicted octanol–water partition coefficient (Wildman–Crippen LogP) is 2.43. The summed E-state index contributed by atoms with van der Waals surface area (Å²) in [6.45, 7) is 3.21. The molecule has 0 amide bonds. The molecule has 3 heterocycles. The molecule has 0 aliphatic carbocycles. The molecule has 5 heteroatoms. The molecule has 2 aromatic rings. The van der Waals surface area contributed by atoms with E-state index in [0.29, 0.717) is 12.2 Å². The Morgan fingerprint density at radius 1 is 1.40 bits per heavy atom. The van der Waals surface area contributed by atoms with Gasteiger partial charge in [0.15, 0.2) is 5.82 Å². The van der Waals surface area contributed by atoms with Gasteiger partial charge in [-0.3, -0.25) is 4.98 Å². The van der Waals surface area contributed by atoms with Crippen LogP contribution in [0.2, 0.25) is 0 Å². The molecule has 0 bridgehead atoms. The maximum atomic E-state index is 5.53. The Balaban J connectivity index is 1.79. The Morgan fingerprint density at radius 2 is 2.35 bits per heavy atom. The Hall–Kier alpha value is -1.75. The second kappa shape index (κ2) is 5.71. The predicted molar refractivity (Wildman–Crippen MR) is 75.2 cm³/mol. The molecule has 1 aliphatic rings. The topological polar surface area (TPSA) is 63.8 Å². The van der Waals surface area contributed by atoms with Crippen LogP contribution in [-0.2, 0) is 12.0 Å². The van der Waals surface area contributed by atoms with Crippen LogP contribution in [0.3, 0.4) is 0 Å². The summed E-state index contributed by atoms with van der Waals surface area (Å²) < 4.78 is 5.53. The highest BCUT2D eigenvalue weighted by molar-refractivity contribution is 5.12. The van der Waals surface area contributed by atoms with Crippen molar-refractivity contribution in [3.8, 4) is 0 Å². The highest BCUT2D eigenvalue weighted by Crippen LogP contribution is 2.34. The van der Waals surface area contributed by atoms with Gasteiger partial charge >= 0.3 is 0 Å². The zero-order valence-electron chi connectivity index (χ0n) is 11.8. The van der Waals surface area contributed by atoms with Crippen LogP contribution in [0.5, 0.6) is 0 Å². The van der Waals surface area contributed by atoms with Crippen molar-refractivity contribution in [1.29, 1.82) is 0 Å². The number of aromatic nitrogens is 3. The minimum atomic E-state index is -0.107. The van der Waals surface area contributed by atoms with Gasteiger partial charge in [0.1, 0.15) is 0 Å². The van der Waals surface area contributed by atoms with E-state index in [2.05, 4.69) is 27.4 Å². The molecule has 1 unspecified atom stereocenters. The van der Waals surface area contributed by atoms with Crippen molar-refractivity contribution in [1.82, 2.24) is 20.4 Å². The molecule has 1 saturated heterocycles. The molecular formula is C15H20N4O. The highest BCUT2D eigenvalue weighted by Gasteiger charge is 2.39. The smallest absolute Gasteiger partial charge is 0.246 e. The first kappa shape index (κ1) is 13.2. The van der Waals surface area contributed by atoms with Crippen LogP contribution < -0.4 is 5.32 Å². The van der Waals surface area contributed by atoms with Crippen molar-refractivity contribution < 1.29 is 4.52 Å². The van der Waals surface area contributed by atoms with Crippen molar-refractivity contribution in [2.75, 3.05) is 6.54 Å². The summed E-state index contributed by atoms with van der Waals surface area (Å²) in [4.78, 5) is 8.90. The fourth-order valence-corrected chi connectivity index (χ4v) is 2.92. The first-order chi connectivity index (χ1) is 9.82. The minimum absolute atomic E-state index is 0.107. The van der Waals surface area contributed by atoms with Crippen molar-refractivity contribution in [2.45, 2.75) is 44.6 Å². The molecule has 0 saturated carbocycles. The van der Waals surface area contributed by atoms with Crippen LogP contribution in [-0.4, -0.2) is 21.7 Å². The summed E-state index contributed by atoms with van der Waals surface area (Å²) in [5, 5.41) is 7.67. The van der Waals surface area contributed by atoms with E-state index in [1.54, 1.807) is 6.20 Å². The first-order valence-corrected chi connectivity index (χ1v) is 7.30.